The molecule has 8 aliphatic heterocycles. The van der Waals surface area contributed by atoms with E-state index >= 15 is 0 Å². The molecule has 4 bridgehead atoms. The van der Waals surface area contributed by atoms with E-state index in [2.05, 4.69) is 43.6 Å². The zero-order chi connectivity index (χ0) is 45.5. The van der Waals surface area contributed by atoms with Gasteiger partial charge in [0.2, 0.25) is 0 Å². The van der Waals surface area contributed by atoms with Gasteiger partial charge in [-0.15, -0.1) is 0 Å². The van der Waals surface area contributed by atoms with Crippen LogP contribution in [0.4, 0.5) is 0 Å². The fraction of sp³-hybridized carbons (Fsp3) is 0.565. The summed E-state index contributed by atoms with van der Waals surface area (Å²) in [7, 11) is -2.58. The lowest BCUT2D eigenvalue weighted by Crippen LogP contribution is -2.42. The van der Waals surface area contributed by atoms with Gasteiger partial charge in [-0.05, 0) is 63.5 Å². The predicted octanol–water partition coefficient (Wildman–Crippen LogP) is 5.54. The Morgan fingerprint density at radius 1 is 0.636 bits per heavy atom. The summed E-state index contributed by atoms with van der Waals surface area (Å²) in [6, 6.07) is 21.2. The fourth-order valence-corrected chi connectivity index (χ4v) is 15.1. The highest BCUT2D eigenvalue weighted by molar-refractivity contribution is 7.45. The number of aryl methyl sites for hydroxylation is 2. The third-order valence-corrected chi connectivity index (χ3v) is 18.2. The summed E-state index contributed by atoms with van der Waals surface area (Å²) >= 11 is 0. The van der Waals surface area contributed by atoms with Crippen molar-refractivity contribution in [2.24, 2.45) is 0 Å². The van der Waals surface area contributed by atoms with Gasteiger partial charge in [-0.3, -0.25) is 28.7 Å². The Bertz CT molecular complexity index is 2490. The average Bonchev–Trinajstić information content (AvgIpc) is 4.22. The van der Waals surface area contributed by atoms with Gasteiger partial charge in [-0.25, -0.2) is 18.9 Å². The molecule has 66 heavy (non-hydrogen) atoms. The van der Waals surface area contributed by atoms with Crippen LogP contribution in [0.2, 0.25) is 0 Å². The van der Waals surface area contributed by atoms with E-state index in [1.165, 1.54) is 32.7 Å². The van der Waals surface area contributed by atoms with E-state index in [-0.39, 0.29) is 24.4 Å². The zero-order valence-corrected chi connectivity index (χ0v) is 39.1. The van der Waals surface area contributed by atoms with E-state index in [0.717, 1.165) is 38.8 Å². The maximum atomic E-state index is 12.6. The van der Waals surface area contributed by atoms with Crippen molar-refractivity contribution in [2.45, 2.75) is 139 Å². The molecular formula is C46H56N6O12P2. The number of rotatable bonds is 10. The molecule has 2 unspecified atom stereocenters. The van der Waals surface area contributed by atoms with Crippen LogP contribution in [0.3, 0.4) is 0 Å². The average molecular weight is 947 g/mol. The molecule has 4 aromatic rings. The van der Waals surface area contributed by atoms with Crippen LogP contribution in [0.1, 0.15) is 99.3 Å². The van der Waals surface area contributed by atoms with Crippen molar-refractivity contribution < 1.29 is 37.0 Å². The molecule has 0 saturated carbocycles. The first-order chi connectivity index (χ1) is 32.0. The van der Waals surface area contributed by atoms with Crippen LogP contribution in [0, 0.1) is 13.8 Å². The molecule has 8 aliphatic rings. The van der Waals surface area contributed by atoms with E-state index in [1.54, 1.807) is 13.8 Å². The molecule has 8 fully saturated rings. The molecule has 0 spiro atoms. The van der Waals surface area contributed by atoms with E-state index in [9.17, 15) is 19.2 Å². The van der Waals surface area contributed by atoms with Gasteiger partial charge >= 0.3 is 11.4 Å². The van der Waals surface area contributed by atoms with Crippen LogP contribution in [-0.4, -0.2) is 102 Å². The van der Waals surface area contributed by atoms with E-state index < -0.39 is 75.4 Å². The van der Waals surface area contributed by atoms with Gasteiger partial charge in [-0.1, -0.05) is 74.5 Å². The standard InChI is InChI=1S/2C23H28N3O6P/c2*1-3-23-13-29-18(21(30-23)25-12-14(2)20(27)24-22(25)28)19(23)32-33-26-11-7-10-16(26)17(31-33)15-8-5-4-6-9-15/h2*4-6,8-9,12,16-19,21H,3,7,10-11,13H2,1-2H3,(H,24,27,28)/t16-,17+,18?,19+,21+,23-,33+;16-,17+,18?,19-,21-,23+,33+/m01/s1. The Hall–Kier alpha value is -3.74. The maximum Gasteiger partial charge on any atom is 0.330 e. The summed E-state index contributed by atoms with van der Waals surface area (Å²) in [6.07, 6.45) is 5.81. The molecule has 352 valence electrons. The Balaban J connectivity index is 0.000000146. The second-order valence-electron chi connectivity index (χ2n) is 18.5. The summed E-state index contributed by atoms with van der Waals surface area (Å²) in [5.41, 5.74) is 0.0884. The smallest absolute Gasteiger partial charge is 0.330 e. The van der Waals surface area contributed by atoms with Gasteiger partial charge in [0.1, 0.15) is 47.8 Å². The van der Waals surface area contributed by atoms with E-state index in [0.29, 0.717) is 49.3 Å². The lowest BCUT2D eigenvalue weighted by Gasteiger charge is -2.31. The first-order valence-electron chi connectivity index (χ1n) is 23.1. The van der Waals surface area contributed by atoms with Crippen molar-refractivity contribution in [1.82, 2.24) is 28.4 Å². The number of fused-ring (bicyclic) bond motifs is 6. The molecular weight excluding hydrogens is 890 g/mol. The number of nitrogens with zero attached hydrogens (tertiary/aromatic N) is 4. The molecule has 20 heteroatoms. The number of ether oxygens (including phenoxy) is 4. The van der Waals surface area contributed by atoms with Crippen LogP contribution in [0.5, 0.6) is 0 Å². The van der Waals surface area contributed by atoms with Gasteiger partial charge in [0, 0.05) is 48.7 Å². The minimum atomic E-state index is -1.29. The molecule has 8 saturated heterocycles. The van der Waals surface area contributed by atoms with Crippen LogP contribution < -0.4 is 22.5 Å². The van der Waals surface area contributed by atoms with Crippen molar-refractivity contribution in [3.8, 4) is 0 Å². The van der Waals surface area contributed by atoms with Crippen molar-refractivity contribution in [2.75, 3.05) is 26.3 Å². The second kappa shape index (κ2) is 17.7. The van der Waals surface area contributed by atoms with E-state index in [4.69, 9.17) is 37.0 Å². The maximum absolute atomic E-state index is 12.6. The molecule has 18 nitrogen and oxygen atoms in total. The Morgan fingerprint density at radius 2 is 1.05 bits per heavy atom. The number of hydrogen-bond donors (Lipinski definition) is 2. The normalized spacial score (nSPS) is 37.6. The largest absolute Gasteiger partial charge is 0.368 e. The third-order valence-electron chi connectivity index (χ3n) is 14.7. The van der Waals surface area contributed by atoms with Gasteiger partial charge in [-0.2, -0.15) is 0 Å². The number of aromatic amines is 2. The summed E-state index contributed by atoms with van der Waals surface area (Å²) in [5, 5.41) is 0. The van der Waals surface area contributed by atoms with Gasteiger partial charge in [0.25, 0.3) is 28.2 Å². The Morgan fingerprint density at radius 3 is 1.44 bits per heavy atom. The van der Waals surface area contributed by atoms with Crippen LogP contribution in [0.25, 0.3) is 0 Å². The van der Waals surface area contributed by atoms with Crippen molar-refractivity contribution >= 4 is 17.1 Å². The number of hydrogen-bond acceptors (Lipinski definition) is 14. The van der Waals surface area contributed by atoms with Gasteiger partial charge in [0.05, 0.1) is 13.2 Å². The topological polar surface area (TPSA) is 190 Å². The van der Waals surface area contributed by atoms with Crippen molar-refractivity contribution in [1.29, 1.82) is 0 Å². The monoisotopic (exact) mass is 946 g/mol. The molecule has 2 aromatic carbocycles. The summed E-state index contributed by atoms with van der Waals surface area (Å²) < 4.78 is 59.1. The Labute approximate surface area is 383 Å². The number of aromatic nitrogens is 4. The fourth-order valence-electron chi connectivity index (χ4n) is 11.0. The SMILES string of the molecule is CC[C@@]12COC([C@H](n3cc(C)c(=O)[nH]c3=O)O1)[C@H]2O[P@@]1O[C@H](c2ccccc2)[C@@H]2CCCN21.CC[C@@]12COC([C@H](n3cc(C)c(=O)[nH]c3=O)O1)[C@H]2O[P@]1O[C@@H](c2ccccc2)[C@H]2CCCN21. The zero-order valence-electron chi connectivity index (χ0n) is 37.4. The first-order valence-corrected chi connectivity index (χ1v) is 25.4. The molecule has 0 radical (unpaired) electrons. The summed E-state index contributed by atoms with van der Waals surface area (Å²) in [6.45, 7) is 10.1. The molecule has 2 N–H and O–H groups in total. The second-order valence-corrected chi connectivity index (χ2v) is 21.3. The number of H-pyrrole nitrogens is 2. The molecule has 10 heterocycles. The number of nitrogens with one attached hydrogen (secondary N) is 2. The highest BCUT2D eigenvalue weighted by Gasteiger charge is 2.66. The van der Waals surface area contributed by atoms with E-state index in [1.807, 2.05) is 50.2 Å². The highest BCUT2D eigenvalue weighted by atomic mass is 31.2. The predicted molar refractivity (Wildman–Crippen MR) is 241 cm³/mol. The molecule has 14 atom stereocenters. The van der Waals surface area contributed by atoms with Crippen molar-refractivity contribution in [3.63, 3.8) is 0 Å². The van der Waals surface area contributed by atoms with Crippen LogP contribution >= 0.6 is 17.1 Å². The summed E-state index contributed by atoms with van der Waals surface area (Å²) in [5.74, 6) is 0. The molecule has 0 amide bonds. The van der Waals surface area contributed by atoms with Crippen LogP contribution in [0.15, 0.2) is 92.2 Å². The minimum absolute atomic E-state index is 0.0152. The van der Waals surface area contributed by atoms with Gasteiger partial charge < -0.3 is 37.0 Å². The summed E-state index contributed by atoms with van der Waals surface area (Å²) in [4.78, 5) is 53.5. The molecule has 12 rings (SSSR count). The molecule has 2 aromatic heterocycles. The minimum Gasteiger partial charge on any atom is -0.368 e. The lowest BCUT2D eigenvalue weighted by molar-refractivity contribution is -0.175. The van der Waals surface area contributed by atoms with Crippen molar-refractivity contribution in [3.05, 3.63) is 137 Å². The molecule has 0 aliphatic carbocycles. The van der Waals surface area contributed by atoms with Crippen LogP contribution in [-0.2, 0) is 37.0 Å². The number of benzene rings is 2. The Kier molecular flexibility index (Phi) is 12.0. The lowest BCUT2D eigenvalue weighted by atomic mass is 9.96. The third kappa shape index (κ3) is 7.47. The highest BCUT2D eigenvalue weighted by Crippen LogP contribution is 2.65. The van der Waals surface area contributed by atoms with Gasteiger partial charge in [0.15, 0.2) is 12.5 Å². The quantitative estimate of drug-likeness (QED) is 0.189. The first kappa shape index (κ1) is 44.7.